The van der Waals surface area contributed by atoms with Crippen molar-refractivity contribution in [3.8, 4) is 51.0 Å². The largest absolute Gasteiger partial charge is 0.278 e. The molecular weight excluding hydrogens is 601 g/mol. The summed E-state index contributed by atoms with van der Waals surface area (Å²) in [4.78, 5) is 20.2. The van der Waals surface area contributed by atoms with Crippen LogP contribution < -0.4 is 0 Å². The van der Waals surface area contributed by atoms with Crippen molar-refractivity contribution in [3.05, 3.63) is 157 Å². The lowest BCUT2D eigenvalue weighted by molar-refractivity contribution is 0.661. The van der Waals surface area contributed by atoms with E-state index in [1.54, 1.807) is 0 Å². The Bertz CT molecular complexity index is 2680. The van der Waals surface area contributed by atoms with Crippen LogP contribution in [0.25, 0.3) is 78.8 Å². The molecule has 1 aliphatic carbocycles. The van der Waals surface area contributed by atoms with Crippen LogP contribution in [0, 0.1) is 0 Å². The van der Waals surface area contributed by atoms with E-state index in [0.717, 1.165) is 50.2 Å². The Morgan fingerprint density at radius 3 is 1.76 bits per heavy atom. The molecule has 0 unspecified atom stereocenters. The number of imidazole rings is 2. The first-order chi connectivity index (χ1) is 24.0. The molecule has 0 bridgehead atoms. The maximum Gasteiger partial charge on any atom is 0.220 e. The van der Waals surface area contributed by atoms with Crippen LogP contribution in [-0.4, -0.2) is 28.9 Å². The van der Waals surface area contributed by atoms with Gasteiger partial charge >= 0.3 is 0 Å². The number of benzene rings is 6. The van der Waals surface area contributed by atoms with E-state index in [4.69, 9.17) is 19.9 Å². The predicted octanol–water partition coefficient (Wildman–Crippen LogP) is 9.92. The summed E-state index contributed by atoms with van der Waals surface area (Å²) in [7, 11) is 0. The second-order valence-corrected chi connectivity index (χ2v) is 13.2. The molecule has 0 fully saturated rings. The number of para-hydroxylation sites is 2. The standard InChI is InChI=1S/C43H30N6/c1-43(2)33-21-10-9-20-31(33)32-25-38-35(26-34(32)43)44-42-48(36-22-11-12-23-37(36)49(38)42)30-19-13-18-29(24-30)41-46-39(27-14-5-3-6-15-27)45-40(47-41)28-16-7-4-8-17-28/h3-26H,1-2H3. The van der Waals surface area contributed by atoms with Crippen LogP contribution in [0.4, 0.5) is 0 Å². The third-order valence-electron chi connectivity index (χ3n) is 9.97. The van der Waals surface area contributed by atoms with Crippen LogP contribution in [0.5, 0.6) is 0 Å². The SMILES string of the molecule is CC1(C)c2ccccc2-c2cc3c(cc21)nc1n(-c2cccc(-c4nc(-c5ccccc5)nc(-c5ccccc5)n4)c2)c2ccccc2n31. The molecule has 1 aliphatic rings. The molecule has 0 amide bonds. The van der Waals surface area contributed by atoms with Crippen LogP contribution in [0.2, 0.25) is 0 Å². The Morgan fingerprint density at radius 2 is 1.04 bits per heavy atom. The average molecular weight is 631 g/mol. The van der Waals surface area contributed by atoms with Gasteiger partial charge in [-0.2, -0.15) is 0 Å². The highest BCUT2D eigenvalue weighted by molar-refractivity contribution is 5.96. The van der Waals surface area contributed by atoms with Gasteiger partial charge < -0.3 is 0 Å². The van der Waals surface area contributed by atoms with Gasteiger partial charge in [-0.05, 0) is 58.7 Å². The fourth-order valence-corrected chi connectivity index (χ4v) is 7.57. The van der Waals surface area contributed by atoms with Crippen LogP contribution >= 0.6 is 0 Å². The highest BCUT2D eigenvalue weighted by atomic mass is 15.2. The minimum atomic E-state index is -0.0954. The van der Waals surface area contributed by atoms with Gasteiger partial charge in [0.15, 0.2) is 17.5 Å². The van der Waals surface area contributed by atoms with Gasteiger partial charge in [0.1, 0.15) is 0 Å². The molecule has 10 rings (SSSR count). The topological polar surface area (TPSA) is 60.9 Å². The molecule has 6 nitrogen and oxygen atoms in total. The van der Waals surface area contributed by atoms with Gasteiger partial charge in [0.2, 0.25) is 5.78 Å². The molecule has 3 aromatic heterocycles. The number of fused-ring (bicyclic) bond motifs is 8. The predicted molar refractivity (Wildman–Crippen MR) is 197 cm³/mol. The molecule has 49 heavy (non-hydrogen) atoms. The van der Waals surface area contributed by atoms with Crippen molar-refractivity contribution in [1.29, 1.82) is 0 Å². The van der Waals surface area contributed by atoms with Gasteiger partial charge in [0.05, 0.1) is 22.1 Å². The quantitative estimate of drug-likeness (QED) is 0.194. The van der Waals surface area contributed by atoms with E-state index in [1.165, 1.54) is 22.3 Å². The summed E-state index contributed by atoms with van der Waals surface area (Å²) < 4.78 is 4.55. The van der Waals surface area contributed by atoms with Gasteiger partial charge in [0.25, 0.3) is 0 Å². The monoisotopic (exact) mass is 630 g/mol. The molecule has 0 aliphatic heterocycles. The van der Waals surface area contributed by atoms with E-state index in [1.807, 2.05) is 60.7 Å². The summed E-state index contributed by atoms with van der Waals surface area (Å²) >= 11 is 0. The third kappa shape index (κ3) is 4.14. The van der Waals surface area contributed by atoms with Crippen LogP contribution in [0.1, 0.15) is 25.0 Å². The Balaban J connectivity index is 1.19. The summed E-state index contributed by atoms with van der Waals surface area (Å²) in [6.07, 6.45) is 0. The maximum atomic E-state index is 5.33. The average Bonchev–Trinajstić information content (AvgIpc) is 3.76. The van der Waals surface area contributed by atoms with Gasteiger partial charge in [-0.1, -0.05) is 123 Å². The zero-order chi connectivity index (χ0) is 32.7. The zero-order valence-electron chi connectivity index (χ0n) is 27.0. The van der Waals surface area contributed by atoms with Gasteiger partial charge in [-0.25, -0.2) is 19.9 Å². The Hall–Kier alpha value is -6.40. The summed E-state index contributed by atoms with van der Waals surface area (Å²) in [5.41, 5.74) is 13.2. The summed E-state index contributed by atoms with van der Waals surface area (Å²) in [6.45, 7) is 4.63. The Kier molecular flexibility index (Phi) is 5.82. The molecule has 232 valence electrons. The first kappa shape index (κ1) is 27.7. The number of nitrogens with zero attached hydrogens (tertiary/aromatic N) is 6. The van der Waals surface area contributed by atoms with E-state index in [2.05, 4.69) is 108 Å². The van der Waals surface area contributed by atoms with Crippen molar-refractivity contribution in [2.75, 3.05) is 0 Å². The molecule has 0 saturated carbocycles. The molecule has 0 radical (unpaired) electrons. The second kappa shape index (κ2) is 10.3. The fraction of sp³-hybridized carbons (Fsp3) is 0.0698. The summed E-state index contributed by atoms with van der Waals surface area (Å²) in [5.74, 6) is 2.77. The van der Waals surface area contributed by atoms with Crippen molar-refractivity contribution < 1.29 is 0 Å². The van der Waals surface area contributed by atoms with Gasteiger partial charge in [-0.3, -0.25) is 8.97 Å². The highest BCUT2D eigenvalue weighted by Crippen LogP contribution is 2.50. The van der Waals surface area contributed by atoms with Gasteiger partial charge in [0, 0.05) is 27.8 Å². The van der Waals surface area contributed by atoms with E-state index < -0.39 is 0 Å². The minimum Gasteiger partial charge on any atom is -0.278 e. The lowest BCUT2D eigenvalue weighted by atomic mass is 9.82. The molecule has 0 N–H and O–H groups in total. The highest BCUT2D eigenvalue weighted by Gasteiger charge is 2.36. The van der Waals surface area contributed by atoms with Crippen molar-refractivity contribution in [3.63, 3.8) is 0 Å². The summed E-state index contributed by atoms with van der Waals surface area (Å²) in [6, 6.07) is 50.5. The van der Waals surface area contributed by atoms with Gasteiger partial charge in [-0.15, -0.1) is 0 Å². The third-order valence-corrected chi connectivity index (χ3v) is 9.97. The van der Waals surface area contributed by atoms with Crippen molar-refractivity contribution in [2.45, 2.75) is 19.3 Å². The Morgan fingerprint density at radius 1 is 0.449 bits per heavy atom. The number of aromatic nitrogens is 6. The van der Waals surface area contributed by atoms with Crippen LogP contribution in [0.3, 0.4) is 0 Å². The number of hydrogen-bond acceptors (Lipinski definition) is 4. The van der Waals surface area contributed by atoms with Crippen molar-refractivity contribution >= 4 is 27.8 Å². The van der Waals surface area contributed by atoms with E-state index >= 15 is 0 Å². The minimum absolute atomic E-state index is 0.0954. The molecule has 6 heteroatoms. The summed E-state index contributed by atoms with van der Waals surface area (Å²) in [5, 5.41) is 0. The normalized spacial score (nSPS) is 13.3. The van der Waals surface area contributed by atoms with E-state index in [0.29, 0.717) is 17.5 Å². The smallest absolute Gasteiger partial charge is 0.220 e. The van der Waals surface area contributed by atoms with Crippen LogP contribution in [0.15, 0.2) is 146 Å². The van der Waals surface area contributed by atoms with E-state index in [9.17, 15) is 0 Å². The van der Waals surface area contributed by atoms with E-state index in [-0.39, 0.29) is 5.41 Å². The number of hydrogen-bond donors (Lipinski definition) is 0. The zero-order valence-corrected chi connectivity index (χ0v) is 27.0. The molecule has 0 spiro atoms. The van der Waals surface area contributed by atoms with Crippen molar-refractivity contribution in [1.82, 2.24) is 28.9 Å². The fourth-order valence-electron chi connectivity index (χ4n) is 7.57. The van der Waals surface area contributed by atoms with Crippen LogP contribution in [-0.2, 0) is 5.41 Å². The number of rotatable bonds is 4. The lowest BCUT2D eigenvalue weighted by Crippen LogP contribution is -2.14. The molecule has 9 aromatic rings. The Labute approximate surface area is 283 Å². The first-order valence-corrected chi connectivity index (χ1v) is 16.6. The molecule has 6 aromatic carbocycles. The molecule has 0 atom stereocenters. The second-order valence-electron chi connectivity index (χ2n) is 13.2. The van der Waals surface area contributed by atoms with Crippen molar-refractivity contribution in [2.24, 2.45) is 0 Å². The first-order valence-electron chi connectivity index (χ1n) is 16.6. The molecule has 0 saturated heterocycles. The lowest BCUT2D eigenvalue weighted by Gasteiger charge is -2.21. The molecular formula is C43H30N6. The molecule has 3 heterocycles. The maximum absolute atomic E-state index is 5.33.